The second-order valence-corrected chi connectivity index (χ2v) is 26.0. The molecule has 14 heteroatoms. The number of rotatable bonds is 53. The molecular formula is C78H124ClN3O10. The van der Waals surface area contributed by atoms with Crippen molar-refractivity contribution in [3.05, 3.63) is 82.4 Å². The van der Waals surface area contributed by atoms with Gasteiger partial charge in [0.25, 0.3) is 5.91 Å². The Kier molecular flexibility index (Phi) is 47.0. The van der Waals surface area contributed by atoms with Crippen molar-refractivity contribution in [1.82, 2.24) is 10.6 Å². The normalized spacial score (nSPS) is 11.1. The van der Waals surface area contributed by atoms with Crippen molar-refractivity contribution in [3.63, 3.8) is 0 Å². The van der Waals surface area contributed by atoms with Crippen LogP contribution in [0.2, 0.25) is 5.02 Å². The highest BCUT2D eigenvalue weighted by Gasteiger charge is 2.20. The molecule has 92 heavy (non-hydrogen) atoms. The fraction of sp³-hybridized carbons (Fsp3) is 0.667. The first-order valence-corrected chi connectivity index (χ1v) is 37.1. The molecule has 13 nitrogen and oxygen atoms in total. The molecule has 4 aromatic carbocycles. The lowest BCUT2D eigenvalue weighted by atomic mass is 10.0. The smallest absolute Gasteiger partial charge is 0.506 e. The van der Waals surface area contributed by atoms with Crippen LogP contribution < -0.4 is 30.2 Å². The number of phenolic OH excluding ortho intramolecular Hbond substituents is 2. The van der Waals surface area contributed by atoms with Crippen molar-refractivity contribution in [3.8, 4) is 28.7 Å². The van der Waals surface area contributed by atoms with Crippen LogP contribution >= 0.6 is 11.6 Å². The van der Waals surface area contributed by atoms with Crippen LogP contribution in [0, 0.1) is 13.8 Å². The lowest BCUT2D eigenvalue weighted by Gasteiger charge is -2.13. The summed E-state index contributed by atoms with van der Waals surface area (Å²) >= 11 is 6.12. The zero-order chi connectivity index (χ0) is 66.5. The van der Waals surface area contributed by atoms with E-state index in [0.717, 1.165) is 62.7 Å². The molecule has 0 atom stereocenters. The predicted octanol–water partition coefficient (Wildman–Crippen LogP) is 23.4. The zero-order valence-corrected chi connectivity index (χ0v) is 58.8. The highest BCUT2D eigenvalue weighted by molar-refractivity contribution is 6.32. The Labute approximate surface area is 561 Å². The Bertz CT molecular complexity index is 2590. The predicted molar refractivity (Wildman–Crippen MR) is 383 cm³/mol. The van der Waals surface area contributed by atoms with Gasteiger partial charge in [-0.3, -0.25) is 9.59 Å². The average Bonchev–Trinajstić information content (AvgIpc) is 0.813. The van der Waals surface area contributed by atoms with Gasteiger partial charge in [-0.15, -0.1) is 0 Å². The molecule has 0 aromatic heterocycles. The van der Waals surface area contributed by atoms with Crippen molar-refractivity contribution in [1.29, 1.82) is 0 Å². The number of halogens is 1. The number of amides is 3. The number of unbranched alkanes of at least 4 members (excludes halogenated alkanes) is 38. The summed E-state index contributed by atoms with van der Waals surface area (Å²) < 4.78 is 22.0. The van der Waals surface area contributed by atoms with Gasteiger partial charge in [0.1, 0.15) is 23.0 Å². The zero-order valence-electron chi connectivity index (χ0n) is 58.0. The van der Waals surface area contributed by atoms with Gasteiger partial charge in [0.2, 0.25) is 5.91 Å². The van der Waals surface area contributed by atoms with Gasteiger partial charge >= 0.3 is 12.2 Å². The van der Waals surface area contributed by atoms with Gasteiger partial charge in [0, 0.05) is 42.4 Å². The molecule has 0 spiro atoms. The number of ether oxygens (including phenoxy) is 4. The third kappa shape index (κ3) is 38.5. The SMILES string of the molecule is CCCCCCCCCCCCCCCC(=O)Nc1cc(OC(=O)NCCCOc2ccc(C)cc2C)cc(Cl)c1O.CCCCCCCCCCCCCCCCNC(=O)c1cc(OC(=O)OCCCCCCCCCCCCCCCC)c2ccccc2c1O. The van der Waals surface area contributed by atoms with E-state index < -0.39 is 12.2 Å². The molecule has 0 saturated carbocycles. The number of benzene rings is 4. The van der Waals surface area contributed by atoms with Crippen molar-refractivity contribution >= 4 is 52.1 Å². The fourth-order valence-electron chi connectivity index (χ4n) is 11.6. The number of carbonyl (C=O) groups excluding carboxylic acids is 4. The van der Waals surface area contributed by atoms with Gasteiger partial charge in [0.15, 0.2) is 5.75 Å². The Morgan fingerprint density at radius 2 is 0.902 bits per heavy atom. The first-order valence-electron chi connectivity index (χ1n) is 36.7. The van der Waals surface area contributed by atoms with Crippen molar-refractivity contribution < 1.29 is 48.3 Å². The van der Waals surface area contributed by atoms with Crippen LogP contribution in [0.3, 0.4) is 0 Å². The van der Waals surface area contributed by atoms with Crippen LogP contribution in [0.15, 0.2) is 60.7 Å². The van der Waals surface area contributed by atoms with Crippen LogP contribution in [0.4, 0.5) is 15.3 Å². The number of fused-ring (bicyclic) bond motifs is 1. The van der Waals surface area contributed by atoms with Gasteiger partial charge in [-0.05, 0) is 57.2 Å². The second-order valence-electron chi connectivity index (χ2n) is 25.6. The first kappa shape index (κ1) is 80.5. The van der Waals surface area contributed by atoms with E-state index in [-0.39, 0.29) is 51.1 Å². The Hall–Kier alpha value is -5.69. The molecular weight excluding hydrogens is 1170 g/mol. The quantitative estimate of drug-likeness (QED) is 0.0123. The molecule has 0 saturated heterocycles. The summed E-state index contributed by atoms with van der Waals surface area (Å²) in [5.74, 6) is 0.210. The summed E-state index contributed by atoms with van der Waals surface area (Å²) in [6.07, 6.45) is 51.3. The lowest BCUT2D eigenvalue weighted by Crippen LogP contribution is -2.28. The molecule has 0 aliphatic carbocycles. The number of nitrogens with one attached hydrogen (secondary N) is 3. The molecule has 0 bridgehead atoms. The van der Waals surface area contributed by atoms with Crippen molar-refractivity contribution in [2.45, 2.75) is 311 Å². The minimum Gasteiger partial charge on any atom is -0.506 e. The van der Waals surface area contributed by atoms with Gasteiger partial charge in [-0.1, -0.05) is 318 Å². The molecule has 4 rings (SSSR count). The van der Waals surface area contributed by atoms with Gasteiger partial charge in [-0.25, -0.2) is 9.59 Å². The monoisotopic (exact) mass is 1300 g/mol. The van der Waals surface area contributed by atoms with E-state index in [1.807, 2.05) is 32.0 Å². The van der Waals surface area contributed by atoms with Crippen LogP contribution in [-0.4, -0.2) is 60.6 Å². The maximum absolute atomic E-state index is 13.1. The third-order valence-corrected chi connectivity index (χ3v) is 17.4. The summed E-state index contributed by atoms with van der Waals surface area (Å²) in [6, 6.07) is 17.3. The summed E-state index contributed by atoms with van der Waals surface area (Å²) in [5.41, 5.74) is 2.46. The molecule has 0 radical (unpaired) electrons. The van der Waals surface area contributed by atoms with E-state index in [9.17, 15) is 29.4 Å². The van der Waals surface area contributed by atoms with Crippen LogP contribution in [0.5, 0.6) is 28.7 Å². The van der Waals surface area contributed by atoms with E-state index in [0.29, 0.717) is 49.9 Å². The van der Waals surface area contributed by atoms with Crippen LogP contribution in [-0.2, 0) is 9.53 Å². The number of phenols is 2. The largest absolute Gasteiger partial charge is 0.513 e. The Morgan fingerprint density at radius 1 is 0.446 bits per heavy atom. The molecule has 5 N–H and O–H groups in total. The fourth-order valence-corrected chi connectivity index (χ4v) is 11.8. The van der Waals surface area contributed by atoms with E-state index in [1.165, 1.54) is 236 Å². The summed E-state index contributed by atoms with van der Waals surface area (Å²) in [6.45, 7) is 12.5. The number of anilines is 1. The van der Waals surface area contributed by atoms with E-state index in [4.69, 9.17) is 30.5 Å². The Balaban J connectivity index is 0.000000487. The first-order chi connectivity index (χ1) is 44.9. The Morgan fingerprint density at radius 3 is 1.40 bits per heavy atom. The number of aromatic hydroxyl groups is 2. The number of hydrogen-bond acceptors (Lipinski definition) is 10. The summed E-state index contributed by atoms with van der Waals surface area (Å²) in [5, 5.41) is 30.5. The average molecular weight is 1300 g/mol. The molecule has 0 fully saturated rings. The van der Waals surface area contributed by atoms with Crippen LogP contribution in [0.25, 0.3) is 10.8 Å². The topological polar surface area (TPSA) is 182 Å². The third-order valence-electron chi connectivity index (χ3n) is 17.2. The molecule has 0 aliphatic rings. The lowest BCUT2D eigenvalue weighted by molar-refractivity contribution is -0.116. The number of aryl methyl sites for hydroxylation is 2. The van der Waals surface area contributed by atoms with Gasteiger partial charge in [0.05, 0.1) is 29.5 Å². The summed E-state index contributed by atoms with van der Waals surface area (Å²) in [7, 11) is 0. The van der Waals surface area contributed by atoms with Crippen LogP contribution in [0.1, 0.15) is 318 Å². The van der Waals surface area contributed by atoms with E-state index in [1.54, 1.807) is 18.2 Å². The standard InChI is InChI=1S/C44H73NO5.C34H51ClN2O5/c1-3-5-7-9-11-13-15-17-19-21-23-25-27-31-35-45-43(47)40-37-41(38-33-29-30-34-39(38)42(40)46)50-44(48)49-36-32-28-26-24-22-20-18-16-14-12-10-8-6-4-2;1-4-5-6-7-8-9-10-11-12-13-14-15-16-18-32(38)37-30-25-28(24-29(35)33(30)39)42-34(40)36-21-17-22-41-31-20-19-26(2)23-27(31)3/h29-30,33-34,37,46H,3-28,31-32,35-36H2,1-2H3,(H,45,47);19-20,23-25,39H,4-18,21-22H2,1-3H3,(H,36,40)(H,37,38). The second kappa shape index (κ2) is 53.7. The molecule has 4 aromatic rings. The number of carbonyl (C=O) groups is 4. The minimum atomic E-state index is -0.788. The minimum absolute atomic E-state index is 0.0153. The molecule has 3 amide bonds. The molecule has 0 heterocycles. The molecule has 518 valence electrons. The maximum atomic E-state index is 13.1. The maximum Gasteiger partial charge on any atom is 0.513 e. The summed E-state index contributed by atoms with van der Waals surface area (Å²) in [4.78, 5) is 50.4. The van der Waals surface area contributed by atoms with Gasteiger partial charge < -0.3 is 45.1 Å². The highest BCUT2D eigenvalue weighted by Crippen LogP contribution is 2.38. The molecule has 0 aliphatic heterocycles. The van der Waals surface area contributed by atoms with E-state index >= 15 is 0 Å². The van der Waals surface area contributed by atoms with Crippen molar-refractivity contribution in [2.75, 3.05) is 31.6 Å². The van der Waals surface area contributed by atoms with Crippen molar-refractivity contribution in [2.24, 2.45) is 0 Å². The highest BCUT2D eigenvalue weighted by atomic mass is 35.5. The molecule has 0 unspecified atom stereocenters. The van der Waals surface area contributed by atoms with E-state index in [2.05, 4.69) is 42.8 Å². The van der Waals surface area contributed by atoms with Gasteiger partial charge in [-0.2, -0.15) is 0 Å². The number of hydrogen-bond donors (Lipinski definition) is 5.